The van der Waals surface area contributed by atoms with E-state index in [0.29, 0.717) is 0 Å². The van der Waals surface area contributed by atoms with Gasteiger partial charge in [0, 0.05) is 4.47 Å². The second kappa shape index (κ2) is 6.80. The molecular formula is C14H14BrN5O2S. The minimum atomic E-state index is -3.75. The fourth-order valence-corrected chi connectivity index (χ4v) is 3.46. The van der Waals surface area contributed by atoms with Crippen LogP contribution >= 0.6 is 15.9 Å². The van der Waals surface area contributed by atoms with Gasteiger partial charge in [-0.15, -0.1) is 0 Å². The highest BCUT2D eigenvalue weighted by atomic mass is 79.9. The highest BCUT2D eigenvalue weighted by Gasteiger charge is 2.21. The van der Waals surface area contributed by atoms with Gasteiger partial charge in [-0.05, 0) is 36.4 Å². The Kier molecular flexibility index (Phi) is 5.02. The number of hydrogen-bond donors (Lipinski definition) is 3. The van der Waals surface area contributed by atoms with Crippen molar-refractivity contribution in [3.8, 4) is 0 Å². The maximum atomic E-state index is 12.8. The predicted octanol–water partition coefficient (Wildman–Crippen LogP) is 1.50. The highest BCUT2D eigenvalue weighted by Crippen LogP contribution is 2.30. The largest absolute Gasteiger partial charge is 0.370 e. The van der Waals surface area contributed by atoms with Gasteiger partial charge in [-0.3, -0.25) is 0 Å². The molecular weight excluding hydrogens is 382 g/mol. The molecule has 2 aromatic carbocycles. The molecule has 0 heterocycles. The van der Waals surface area contributed by atoms with E-state index in [0.717, 1.165) is 4.47 Å². The molecule has 0 aliphatic heterocycles. The van der Waals surface area contributed by atoms with Crippen molar-refractivity contribution in [1.29, 1.82) is 0 Å². The van der Waals surface area contributed by atoms with Crippen LogP contribution in [-0.2, 0) is 9.84 Å². The van der Waals surface area contributed by atoms with Crippen molar-refractivity contribution < 1.29 is 8.42 Å². The summed E-state index contributed by atoms with van der Waals surface area (Å²) in [5, 5.41) is 0. The van der Waals surface area contributed by atoms with Crippen LogP contribution in [0.15, 0.2) is 72.8 Å². The molecule has 23 heavy (non-hydrogen) atoms. The van der Waals surface area contributed by atoms with Gasteiger partial charge in [-0.1, -0.05) is 28.1 Å². The van der Waals surface area contributed by atoms with E-state index in [-0.39, 0.29) is 27.4 Å². The van der Waals surface area contributed by atoms with E-state index in [1.807, 2.05) is 0 Å². The SMILES string of the molecule is NC(N)=NC(N)=Nc1ccccc1S(=O)(=O)c1ccc(Br)cc1. The molecule has 0 spiro atoms. The van der Waals surface area contributed by atoms with Crippen LogP contribution in [0.3, 0.4) is 0 Å². The summed E-state index contributed by atoms with van der Waals surface area (Å²) >= 11 is 3.27. The number of hydrogen-bond acceptors (Lipinski definition) is 3. The number of nitrogens with zero attached hydrogens (tertiary/aromatic N) is 2. The lowest BCUT2D eigenvalue weighted by molar-refractivity contribution is 0.596. The predicted molar refractivity (Wildman–Crippen MR) is 93.1 cm³/mol. The van der Waals surface area contributed by atoms with E-state index in [1.54, 1.807) is 24.3 Å². The van der Waals surface area contributed by atoms with Crippen molar-refractivity contribution in [2.75, 3.05) is 0 Å². The molecule has 0 radical (unpaired) electrons. The summed E-state index contributed by atoms with van der Waals surface area (Å²) in [6, 6.07) is 12.5. The molecule has 0 amide bonds. The van der Waals surface area contributed by atoms with Crippen molar-refractivity contribution >= 4 is 43.4 Å². The number of benzene rings is 2. The molecule has 2 aromatic rings. The van der Waals surface area contributed by atoms with Gasteiger partial charge in [-0.2, -0.15) is 4.99 Å². The summed E-state index contributed by atoms with van der Waals surface area (Å²) in [7, 11) is -3.75. The zero-order valence-corrected chi connectivity index (χ0v) is 14.3. The minimum absolute atomic E-state index is 0.0102. The van der Waals surface area contributed by atoms with Gasteiger partial charge in [0.1, 0.15) is 0 Å². The Labute approximate surface area is 142 Å². The lowest BCUT2D eigenvalue weighted by Crippen LogP contribution is -2.26. The van der Waals surface area contributed by atoms with Crippen LogP contribution in [-0.4, -0.2) is 20.3 Å². The third-order valence-corrected chi connectivity index (χ3v) is 5.10. The summed E-state index contributed by atoms with van der Waals surface area (Å²) in [6.07, 6.45) is 0. The molecule has 0 aliphatic carbocycles. The van der Waals surface area contributed by atoms with Gasteiger partial charge in [0.15, 0.2) is 5.96 Å². The quantitative estimate of drug-likeness (QED) is 0.533. The van der Waals surface area contributed by atoms with Crippen LogP contribution in [0.25, 0.3) is 0 Å². The Bertz CT molecular complexity index is 872. The molecule has 0 saturated heterocycles. The van der Waals surface area contributed by atoms with Crippen LogP contribution in [0.2, 0.25) is 0 Å². The molecule has 0 atom stereocenters. The Morgan fingerprint density at radius 2 is 1.57 bits per heavy atom. The Morgan fingerprint density at radius 3 is 2.17 bits per heavy atom. The van der Waals surface area contributed by atoms with Crippen molar-refractivity contribution in [3.05, 3.63) is 53.0 Å². The van der Waals surface area contributed by atoms with Gasteiger partial charge in [-0.25, -0.2) is 13.4 Å². The second-order valence-corrected chi connectivity index (χ2v) is 7.27. The maximum Gasteiger partial charge on any atom is 0.223 e. The average molecular weight is 396 g/mol. The molecule has 0 saturated carbocycles. The normalized spacial score (nSPS) is 12.0. The number of rotatable bonds is 3. The average Bonchev–Trinajstić information content (AvgIpc) is 2.47. The molecule has 0 aromatic heterocycles. The lowest BCUT2D eigenvalue weighted by Gasteiger charge is -2.08. The molecule has 6 N–H and O–H groups in total. The minimum Gasteiger partial charge on any atom is -0.370 e. The van der Waals surface area contributed by atoms with Gasteiger partial charge < -0.3 is 17.2 Å². The number of aliphatic imine (C=N–C) groups is 2. The summed E-state index contributed by atoms with van der Waals surface area (Å²) in [5.41, 5.74) is 16.2. The Morgan fingerprint density at radius 1 is 0.957 bits per heavy atom. The highest BCUT2D eigenvalue weighted by molar-refractivity contribution is 9.10. The number of sulfone groups is 1. The second-order valence-electron chi connectivity index (χ2n) is 4.43. The molecule has 2 rings (SSSR count). The van der Waals surface area contributed by atoms with E-state index >= 15 is 0 Å². The molecule has 7 nitrogen and oxygen atoms in total. The summed E-state index contributed by atoms with van der Waals surface area (Å²) < 4.78 is 26.3. The first-order chi connectivity index (χ1) is 10.8. The summed E-state index contributed by atoms with van der Waals surface area (Å²) in [5.74, 6) is -0.497. The maximum absolute atomic E-state index is 12.8. The number of nitrogens with two attached hydrogens (primary N) is 3. The van der Waals surface area contributed by atoms with Crippen molar-refractivity contribution in [2.24, 2.45) is 27.2 Å². The van der Waals surface area contributed by atoms with Gasteiger partial charge in [0.25, 0.3) is 0 Å². The molecule has 9 heteroatoms. The number of halogens is 1. The van der Waals surface area contributed by atoms with Crippen LogP contribution in [0, 0.1) is 0 Å². The fraction of sp³-hybridized carbons (Fsp3) is 0. The van der Waals surface area contributed by atoms with Crippen LogP contribution in [0.1, 0.15) is 0 Å². The van der Waals surface area contributed by atoms with E-state index in [9.17, 15) is 8.42 Å². The smallest absolute Gasteiger partial charge is 0.223 e. The van der Waals surface area contributed by atoms with E-state index in [4.69, 9.17) is 17.2 Å². The van der Waals surface area contributed by atoms with Crippen molar-refractivity contribution in [1.82, 2.24) is 0 Å². The van der Waals surface area contributed by atoms with E-state index < -0.39 is 9.84 Å². The molecule has 0 aliphatic rings. The topological polar surface area (TPSA) is 137 Å². The first kappa shape index (κ1) is 17.0. The van der Waals surface area contributed by atoms with Gasteiger partial charge in [0.05, 0.1) is 15.5 Å². The zero-order chi connectivity index (χ0) is 17.0. The molecule has 0 unspecified atom stereocenters. The third-order valence-electron chi connectivity index (χ3n) is 2.76. The Balaban J connectivity index is 2.56. The first-order valence-corrected chi connectivity index (χ1v) is 8.62. The fourth-order valence-electron chi connectivity index (χ4n) is 1.80. The summed E-state index contributed by atoms with van der Waals surface area (Å²) in [4.78, 5) is 7.70. The van der Waals surface area contributed by atoms with Gasteiger partial charge >= 0.3 is 0 Å². The van der Waals surface area contributed by atoms with E-state index in [1.165, 1.54) is 24.3 Å². The molecule has 0 fully saturated rings. The van der Waals surface area contributed by atoms with Crippen LogP contribution < -0.4 is 17.2 Å². The number of guanidine groups is 2. The van der Waals surface area contributed by atoms with Crippen LogP contribution in [0.5, 0.6) is 0 Å². The Hall–Kier alpha value is -2.39. The first-order valence-electron chi connectivity index (χ1n) is 6.34. The van der Waals surface area contributed by atoms with E-state index in [2.05, 4.69) is 25.9 Å². The monoisotopic (exact) mass is 395 g/mol. The van der Waals surface area contributed by atoms with Crippen LogP contribution in [0.4, 0.5) is 5.69 Å². The standard InChI is InChI=1S/C14H14BrN5O2S/c15-9-5-7-10(8-6-9)23(21,22)12-4-2-1-3-11(12)19-14(18)20-13(16)17/h1-8H,(H6,16,17,18,19,20). The van der Waals surface area contributed by atoms with Crippen molar-refractivity contribution in [3.63, 3.8) is 0 Å². The summed E-state index contributed by atoms with van der Waals surface area (Å²) in [6.45, 7) is 0. The lowest BCUT2D eigenvalue weighted by atomic mass is 10.3. The number of para-hydroxylation sites is 1. The third kappa shape index (κ3) is 4.08. The zero-order valence-electron chi connectivity index (χ0n) is 11.8. The molecule has 0 bridgehead atoms. The molecule has 120 valence electrons. The van der Waals surface area contributed by atoms with Crippen molar-refractivity contribution in [2.45, 2.75) is 9.79 Å². The van der Waals surface area contributed by atoms with Gasteiger partial charge in [0.2, 0.25) is 15.8 Å².